The Morgan fingerprint density at radius 1 is 0.917 bits per heavy atom. The van der Waals surface area contributed by atoms with Gasteiger partial charge in [-0.15, -0.1) is 0 Å². The summed E-state index contributed by atoms with van der Waals surface area (Å²) in [6.45, 7) is 6.04. The van der Waals surface area contributed by atoms with Crippen LogP contribution < -0.4 is 15.8 Å². The average Bonchev–Trinajstić information content (AvgIpc) is 2.93. The highest BCUT2D eigenvalue weighted by molar-refractivity contribution is 5.79. The van der Waals surface area contributed by atoms with E-state index in [1.807, 2.05) is 59.2 Å². The van der Waals surface area contributed by atoms with Gasteiger partial charge in [0.15, 0.2) is 5.82 Å². The topological polar surface area (TPSA) is 70.5 Å². The van der Waals surface area contributed by atoms with Crippen LogP contribution in [0, 0.1) is 5.92 Å². The molecule has 2 aromatic carbocycles. The highest BCUT2D eigenvalue weighted by Gasteiger charge is 2.27. The van der Waals surface area contributed by atoms with E-state index in [-0.39, 0.29) is 17.4 Å². The van der Waals surface area contributed by atoms with Gasteiger partial charge in [-0.2, -0.15) is 0 Å². The van der Waals surface area contributed by atoms with E-state index >= 15 is 0 Å². The zero-order chi connectivity index (χ0) is 24.7. The molecule has 0 aliphatic carbocycles. The van der Waals surface area contributed by atoms with Gasteiger partial charge < -0.3 is 15.1 Å². The molecule has 36 heavy (non-hydrogen) atoms. The molecule has 7 nitrogen and oxygen atoms in total. The van der Waals surface area contributed by atoms with Gasteiger partial charge >= 0.3 is 0 Å². The normalized spacial score (nSPS) is 17.4. The average molecular weight is 488 g/mol. The first-order valence-electron chi connectivity index (χ1n) is 13.5. The lowest BCUT2D eigenvalue weighted by atomic mass is 9.96. The predicted octanol–water partition coefficient (Wildman–Crippen LogP) is 3.65. The molecular formula is C29H37N5O2. The third-order valence-electron chi connectivity index (χ3n) is 7.58. The third-order valence-corrected chi connectivity index (χ3v) is 7.58. The van der Waals surface area contributed by atoms with Crippen LogP contribution in [0.4, 0.5) is 5.82 Å². The molecular weight excluding hydrogens is 450 g/mol. The Hall–Kier alpha value is -3.19. The molecule has 0 unspecified atom stereocenters. The van der Waals surface area contributed by atoms with Crippen molar-refractivity contribution in [3.05, 3.63) is 70.5 Å². The van der Waals surface area contributed by atoms with Gasteiger partial charge in [-0.25, -0.2) is 4.98 Å². The number of anilines is 1. The number of nitrogens with zero attached hydrogens (tertiary/aromatic N) is 4. The minimum atomic E-state index is -0.0711. The van der Waals surface area contributed by atoms with Crippen LogP contribution in [0.15, 0.2) is 59.4 Å². The number of para-hydroxylation sites is 2. The second-order valence-corrected chi connectivity index (χ2v) is 10.1. The molecule has 0 saturated carbocycles. The summed E-state index contributed by atoms with van der Waals surface area (Å²) in [5.74, 6) is 0.648. The first kappa shape index (κ1) is 24.5. The molecule has 190 valence electrons. The van der Waals surface area contributed by atoms with Crippen molar-refractivity contribution in [2.24, 2.45) is 5.92 Å². The van der Waals surface area contributed by atoms with Crippen molar-refractivity contribution in [2.75, 3.05) is 44.2 Å². The van der Waals surface area contributed by atoms with Crippen LogP contribution in [0.25, 0.3) is 11.0 Å². The lowest BCUT2D eigenvalue weighted by Gasteiger charge is -2.32. The Morgan fingerprint density at radius 2 is 1.64 bits per heavy atom. The summed E-state index contributed by atoms with van der Waals surface area (Å²) in [7, 11) is 0. The molecule has 0 bridgehead atoms. The standard InChI is InChI=1S/C29H37N5O2/c35-28(30-16-9-19-32-17-7-2-8-18-32)24-14-20-33(21-15-24)27-29(36)34(22-23-10-3-1-4-11-23)26-13-6-5-12-25(26)31-27/h1,3-6,10-13,24H,2,7-9,14-22H2,(H,30,35). The molecule has 1 aromatic heterocycles. The lowest BCUT2D eigenvalue weighted by Crippen LogP contribution is -2.43. The fourth-order valence-electron chi connectivity index (χ4n) is 5.50. The first-order chi connectivity index (χ1) is 17.7. The van der Waals surface area contributed by atoms with Crippen molar-refractivity contribution in [2.45, 2.75) is 45.1 Å². The van der Waals surface area contributed by atoms with Crippen molar-refractivity contribution in [3.8, 4) is 0 Å². The van der Waals surface area contributed by atoms with Gasteiger partial charge in [0.2, 0.25) is 5.91 Å². The molecule has 0 radical (unpaired) electrons. The maximum atomic E-state index is 13.6. The summed E-state index contributed by atoms with van der Waals surface area (Å²) >= 11 is 0. The predicted molar refractivity (Wildman–Crippen MR) is 144 cm³/mol. The highest BCUT2D eigenvalue weighted by Crippen LogP contribution is 2.22. The van der Waals surface area contributed by atoms with Crippen LogP contribution in [-0.4, -0.2) is 59.6 Å². The minimum absolute atomic E-state index is 0.00300. The number of hydrogen-bond donors (Lipinski definition) is 1. The molecule has 3 heterocycles. The Bertz CT molecular complexity index is 1210. The molecule has 2 aliphatic heterocycles. The van der Waals surface area contributed by atoms with Crippen molar-refractivity contribution in [1.29, 1.82) is 0 Å². The van der Waals surface area contributed by atoms with Gasteiger partial charge in [-0.05, 0) is 69.4 Å². The molecule has 1 amide bonds. The minimum Gasteiger partial charge on any atom is -0.356 e. The number of likely N-dealkylation sites (tertiary alicyclic amines) is 1. The van der Waals surface area contributed by atoms with E-state index in [0.29, 0.717) is 25.5 Å². The number of rotatable bonds is 8. The van der Waals surface area contributed by atoms with Crippen molar-refractivity contribution in [3.63, 3.8) is 0 Å². The van der Waals surface area contributed by atoms with E-state index in [0.717, 1.165) is 48.9 Å². The van der Waals surface area contributed by atoms with Crippen LogP contribution in [0.2, 0.25) is 0 Å². The molecule has 0 atom stereocenters. The molecule has 7 heteroatoms. The van der Waals surface area contributed by atoms with Gasteiger partial charge in [0.25, 0.3) is 5.56 Å². The maximum absolute atomic E-state index is 13.6. The van der Waals surface area contributed by atoms with Crippen molar-refractivity contribution < 1.29 is 4.79 Å². The second-order valence-electron chi connectivity index (χ2n) is 10.1. The van der Waals surface area contributed by atoms with E-state index in [2.05, 4.69) is 15.1 Å². The highest BCUT2D eigenvalue weighted by atomic mass is 16.2. The molecule has 0 spiro atoms. The quantitative estimate of drug-likeness (QED) is 0.491. The summed E-state index contributed by atoms with van der Waals surface area (Å²) in [4.78, 5) is 35.7. The number of fused-ring (bicyclic) bond motifs is 1. The zero-order valence-corrected chi connectivity index (χ0v) is 21.1. The SMILES string of the molecule is O=C(NCCCN1CCCCC1)C1CCN(c2nc3ccccc3n(Cc3ccccc3)c2=O)CC1. The molecule has 1 N–H and O–H groups in total. The Labute approximate surface area is 213 Å². The monoisotopic (exact) mass is 487 g/mol. The summed E-state index contributed by atoms with van der Waals surface area (Å²) in [6.07, 6.45) is 6.44. The zero-order valence-electron chi connectivity index (χ0n) is 21.1. The fraction of sp³-hybridized carbons (Fsp3) is 0.483. The molecule has 2 saturated heterocycles. The van der Waals surface area contributed by atoms with E-state index in [4.69, 9.17) is 4.98 Å². The van der Waals surface area contributed by atoms with Crippen LogP contribution in [0.1, 0.15) is 44.1 Å². The summed E-state index contributed by atoms with van der Waals surface area (Å²) in [6, 6.07) is 17.9. The smallest absolute Gasteiger partial charge is 0.294 e. The Kier molecular flexibility index (Phi) is 7.96. The number of aromatic nitrogens is 2. The summed E-state index contributed by atoms with van der Waals surface area (Å²) in [5.41, 5.74) is 2.67. The Balaban J connectivity index is 1.21. The fourth-order valence-corrected chi connectivity index (χ4v) is 5.50. The number of hydrogen-bond acceptors (Lipinski definition) is 5. The van der Waals surface area contributed by atoms with Crippen LogP contribution >= 0.6 is 0 Å². The Morgan fingerprint density at radius 3 is 2.42 bits per heavy atom. The number of amides is 1. The number of carbonyl (C=O) groups excluding carboxylic acids is 1. The van der Waals surface area contributed by atoms with Crippen LogP contribution in [0.5, 0.6) is 0 Å². The number of carbonyl (C=O) groups is 1. The van der Waals surface area contributed by atoms with Gasteiger partial charge in [-0.3, -0.25) is 14.2 Å². The summed E-state index contributed by atoms with van der Waals surface area (Å²) in [5, 5.41) is 3.15. The summed E-state index contributed by atoms with van der Waals surface area (Å²) < 4.78 is 1.83. The molecule has 3 aromatic rings. The van der Waals surface area contributed by atoms with E-state index in [1.54, 1.807) is 0 Å². The van der Waals surface area contributed by atoms with Gasteiger partial charge in [0.1, 0.15) is 0 Å². The maximum Gasteiger partial charge on any atom is 0.294 e. The van der Waals surface area contributed by atoms with Crippen molar-refractivity contribution in [1.82, 2.24) is 19.8 Å². The lowest BCUT2D eigenvalue weighted by molar-refractivity contribution is -0.125. The van der Waals surface area contributed by atoms with Crippen molar-refractivity contribution >= 4 is 22.8 Å². The number of nitrogens with one attached hydrogen (secondary N) is 1. The third kappa shape index (κ3) is 5.78. The van der Waals surface area contributed by atoms with Crippen LogP contribution in [0.3, 0.4) is 0 Å². The van der Waals surface area contributed by atoms with Gasteiger partial charge in [0, 0.05) is 25.6 Å². The number of benzene rings is 2. The van der Waals surface area contributed by atoms with Crippen LogP contribution in [-0.2, 0) is 11.3 Å². The second kappa shape index (κ2) is 11.7. The largest absolute Gasteiger partial charge is 0.356 e. The molecule has 5 rings (SSSR count). The van der Waals surface area contributed by atoms with E-state index in [1.165, 1.54) is 32.4 Å². The first-order valence-corrected chi connectivity index (χ1v) is 13.5. The van der Waals surface area contributed by atoms with E-state index < -0.39 is 0 Å². The number of piperidine rings is 2. The molecule has 2 fully saturated rings. The van der Waals surface area contributed by atoms with E-state index in [9.17, 15) is 9.59 Å². The molecule has 2 aliphatic rings. The van der Waals surface area contributed by atoms with Gasteiger partial charge in [-0.1, -0.05) is 48.9 Å². The van der Waals surface area contributed by atoms with Gasteiger partial charge in [0.05, 0.1) is 17.6 Å².